The van der Waals surface area contributed by atoms with Gasteiger partial charge < -0.3 is 5.11 Å². The molecule has 4 atom stereocenters. The quantitative estimate of drug-likeness (QED) is 0.666. The Labute approximate surface area is 84.3 Å². The number of rotatable bonds is 1. The third-order valence-electron chi connectivity index (χ3n) is 4.99. The maximum atomic E-state index is 9.35. The van der Waals surface area contributed by atoms with E-state index < -0.39 is 5.41 Å². The van der Waals surface area contributed by atoms with Crippen molar-refractivity contribution < 1.29 is 5.11 Å². The second-order valence-corrected chi connectivity index (χ2v) is 5.40. The summed E-state index contributed by atoms with van der Waals surface area (Å²) in [7, 11) is 2.16. The highest BCUT2D eigenvalue weighted by atomic mass is 16.3. The minimum absolute atomic E-state index is 0.0440. The van der Waals surface area contributed by atoms with Gasteiger partial charge in [0.15, 0.2) is 0 Å². The second kappa shape index (κ2) is 2.32. The predicted octanol–water partition coefficient (Wildman–Crippen LogP) is 0.745. The van der Waals surface area contributed by atoms with E-state index in [-0.39, 0.29) is 6.61 Å². The first-order valence-electron chi connectivity index (χ1n) is 5.42. The minimum atomic E-state index is -0.423. The van der Waals surface area contributed by atoms with Crippen molar-refractivity contribution >= 4 is 0 Å². The SMILES string of the molecule is CN1C2CCC23CC(C#N)(CO)CC13. The van der Waals surface area contributed by atoms with Crippen molar-refractivity contribution in [2.75, 3.05) is 13.7 Å². The number of aliphatic hydroxyl groups is 1. The van der Waals surface area contributed by atoms with Crippen molar-refractivity contribution in [3.8, 4) is 6.07 Å². The Morgan fingerprint density at radius 1 is 1.57 bits per heavy atom. The normalized spacial score (nSPS) is 55.2. The number of hydrogen-bond donors (Lipinski definition) is 1. The van der Waals surface area contributed by atoms with Gasteiger partial charge in [-0.1, -0.05) is 0 Å². The fraction of sp³-hybridized carbons (Fsp3) is 0.909. The summed E-state index contributed by atoms with van der Waals surface area (Å²) in [6.07, 6.45) is 4.38. The Balaban J connectivity index is 1.91. The summed E-state index contributed by atoms with van der Waals surface area (Å²) in [6, 6.07) is 3.65. The van der Waals surface area contributed by atoms with Gasteiger partial charge in [0.1, 0.15) is 0 Å². The number of nitriles is 1. The molecule has 1 N–H and O–H groups in total. The van der Waals surface area contributed by atoms with Crippen molar-refractivity contribution in [2.24, 2.45) is 10.8 Å². The van der Waals surface area contributed by atoms with Gasteiger partial charge in [0, 0.05) is 17.5 Å². The Hall–Kier alpha value is -0.590. The minimum Gasteiger partial charge on any atom is -0.395 e. The molecule has 0 aromatic carbocycles. The van der Waals surface area contributed by atoms with E-state index in [0.29, 0.717) is 17.5 Å². The van der Waals surface area contributed by atoms with Gasteiger partial charge in [0.2, 0.25) is 0 Å². The Bertz CT molecular complexity index is 324. The van der Waals surface area contributed by atoms with Crippen LogP contribution in [0.15, 0.2) is 0 Å². The zero-order chi connectivity index (χ0) is 9.97. The first-order valence-corrected chi connectivity index (χ1v) is 5.42. The van der Waals surface area contributed by atoms with E-state index in [1.165, 1.54) is 12.8 Å². The molecular weight excluding hydrogens is 176 g/mol. The maximum absolute atomic E-state index is 9.35. The van der Waals surface area contributed by atoms with Crippen LogP contribution >= 0.6 is 0 Å². The van der Waals surface area contributed by atoms with E-state index in [1.54, 1.807) is 0 Å². The molecule has 0 radical (unpaired) electrons. The van der Waals surface area contributed by atoms with E-state index >= 15 is 0 Å². The van der Waals surface area contributed by atoms with Crippen LogP contribution < -0.4 is 0 Å². The van der Waals surface area contributed by atoms with E-state index in [4.69, 9.17) is 5.26 Å². The van der Waals surface area contributed by atoms with Crippen molar-refractivity contribution in [3.05, 3.63) is 0 Å². The highest BCUT2D eigenvalue weighted by Crippen LogP contribution is 2.68. The zero-order valence-corrected chi connectivity index (χ0v) is 8.53. The molecule has 4 unspecified atom stereocenters. The molecule has 3 aliphatic rings. The van der Waals surface area contributed by atoms with E-state index in [2.05, 4.69) is 18.0 Å². The molecule has 1 saturated heterocycles. The summed E-state index contributed by atoms with van der Waals surface area (Å²) in [5.41, 5.74) is 0.00130. The molecule has 14 heavy (non-hydrogen) atoms. The Morgan fingerprint density at radius 3 is 2.79 bits per heavy atom. The smallest absolute Gasteiger partial charge is 0.0825 e. The average molecular weight is 192 g/mol. The number of aliphatic hydroxyl groups excluding tert-OH is 1. The van der Waals surface area contributed by atoms with Gasteiger partial charge in [-0.25, -0.2) is 0 Å². The fourth-order valence-corrected chi connectivity index (χ4v) is 4.17. The maximum Gasteiger partial charge on any atom is 0.0825 e. The molecule has 0 aromatic rings. The number of hydrogen-bond acceptors (Lipinski definition) is 3. The summed E-state index contributed by atoms with van der Waals surface area (Å²) < 4.78 is 0. The van der Waals surface area contributed by atoms with Gasteiger partial charge >= 0.3 is 0 Å². The lowest BCUT2D eigenvalue weighted by Gasteiger charge is -2.67. The number of likely N-dealkylation sites (tertiary alicyclic amines) is 1. The van der Waals surface area contributed by atoms with Crippen molar-refractivity contribution in [2.45, 2.75) is 37.8 Å². The molecule has 2 saturated carbocycles. The van der Waals surface area contributed by atoms with Gasteiger partial charge in [-0.15, -0.1) is 0 Å². The first kappa shape index (κ1) is 8.70. The lowest BCUT2D eigenvalue weighted by molar-refractivity contribution is -0.174. The van der Waals surface area contributed by atoms with Crippen LogP contribution in [0.1, 0.15) is 25.7 Å². The van der Waals surface area contributed by atoms with E-state index in [9.17, 15) is 5.11 Å². The summed E-state index contributed by atoms with van der Waals surface area (Å²) in [4.78, 5) is 2.41. The second-order valence-electron chi connectivity index (χ2n) is 5.40. The molecule has 2 aliphatic carbocycles. The molecule has 1 heterocycles. The molecule has 0 amide bonds. The molecule has 3 heteroatoms. The van der Waals surface area contributed by atoms with Crippen molar-refractivity contribution in [1.29, 1.82) is 5.26 Å². The summed E-state index contributed by atoms with van der Waals surface area (Å²) in [6.45, 7) is 0.0440. The summed E-state index contributed by atoms with van der Waals surface area (Å²) >= 11 is 0. The molecule has 1 spiro atoms. The largest absolute Gasteiger partial charge is 0.395 e. The van der Waals surface area contributed by atoms with Crippen LogP contribution in [0, 0.1) is 22.2 Å². The zero-order valence-electron chi connectivity index (χ0n) is 8.53. The van der Waals surface area contributed by atoms with Crippen molar-refractivity contribution in [1.82, 2.24) is 4.90 Å². The lowest BCUT2D eigenvalue weighted by Crippen LogP contribution is -2.73. The van der Waals surface area contributed by atoms with Crippen LogP contribution in [0.5, 0.6) is 0 Å². The van der Waals surface area contributed by atoms with Crippen LogP contribution in [0.2, 0.25) is 0 Å². The van der Waals surface area contributed by atoms with Crippen LogP contribution in [-0.4, -0.2) is 35.7 Å². The van der Waals surface area contributed by atoms with Gasteiger partial charge in [0.25, 0.3) is 0 Å². The third kappa shape index (κ3) is 0.687. The molecule has 1 aliphatic heterocycles. The monoisotopic (exact) mass is 192 g/mol. The molecule has 3 rings (SSSR count). The average Bonchev–Trinajstić information content (AvgIpc) is 2.53. The molecule has 0 bridgehead atoms. The van der Waals surface area contributed by atoms with Crippen LogP contribution in [0.3, 0.4) is 0 Å². The molecule has 0 aromatic heterocycles. The highest BCUT2D eigenvalue weighted by Gasteiger charge is 2.71. The van der Waals surface area contributed by atoms with Crippen LogP contribution in [-0.2, 0) is 0 Å². The molecule has 3 nitrogen and oxygen atoms in total. The first-order chi connectivity index (χ1) is 6.67. The topological polar surface area (TPSA) is 47.3 Å². The third-order valence-corrected chi connectivity index (χ3v) is 4.99. The van der Waals surface area contributed by atoms with Crippen molar-refractivity contribution in [3.63, 3.8) is 0 Å². The predicted molar refractivity (Wildman–Crippen MR) is 51.4 cm³/mol. The van der Waals surface area contributed by atoms with E-state index in [0.717, 1.165) is 12.8 Å². The fourth-order valence-electron chi connectivity index (χ4n) is 4.17. The van der Waals surface area contributed by atoms with Gasteiger partial charge in [-0.2, -0.15) is 5.26 Å². The standard InChI is InChI=1S/C11H16N2O/c1-13-8-2-3-11(8)5-10(6-12,7-14)4-9(11)13/h8-9,14H,2-5,7H2,1H3. The van der Waals surface area contributed by atoms with Crippen LogP contribution in [0.4, 0.5) is 0 Å². The summed E-state index contributed by atoms with van der Waals surface area (Å²) in [5, 5.41) is 18.5. The molecular formula is C11H16N2O. The Kier molecular flexibility index (Phi) is 1.44. The van der Waals surface area contributed by atoms with Gasteiger partial charge in [0.05, 0.1) is 18.1 Å². The van der Waals surface area contributed by atoms with Gasteiger partial charge in [-0.05, 0) is 32.7 Å². The lowest BCUT2D eigenvalue weighted by atomic mass is 9.53. The van der Waals surface area contributed by atoms with E-state index in [1.807, 2.05) is 0 Å². The Morgan fingerprint density at radius 2 is 2.36 bits per heavy atom. The molecule has 76 valence electrons. The number of piperidine rings is 1. The van der Waals surface area contributed by atoms with Gasteiger partial charge in [-0.3, -0.25) is 4.90 Å². The van der Waals surface area contributed by atoms with Crippen LogP contribution in [0.25, 0.3) is 0 Å². The highest BCUT2D eigenvalue weighted by molar-refractivity contribution is 5.27. The summed E-state index contributed by atoms with van der Waals surface area (Å²) in [5.74, 6) is 0. The molecule has 3 fully saturated rings. The number of nitrogens with zero attached hydrogens (tertiary/aromatic N) is 2.